The van der Waals surface area contributed by atoms with Gasteiger partial charge in [-0.05, 0) is 81.8 Å². The maximum absolute atomic E-state index is 14.0. The van der Waals surface area contributed by atoms with Gasteiger partial charge in [0.2, 0.25) is 0 Å². The van der Waals surface area contributed by atoms with Crippen molar-refractivity contribution in [3.05, 3.63) is 53.1 Å². The molecular weight excluding hydrogens is 572 g/mol. The number of piperidine rings is 3. The molecule has 0 bridgehead atoms. The van der Waals surface area contributed by atoms with Crippen LogP contribution in [0.15, 0.2) is 36.4 Å². The number of likely N-dealkylation sites (tertiary alicyclic amines) is 3. The summed E-state index contributed by atoms with van der Waals surface area (Å²) in [7, 11) is 0. The number of anilines is 1. The third kappa shape index (κ3) is 5.95. The minimum Gasteiger partial charge on any atom is -0.436 e. The average Bonchev–Trinajstić information content (AvgIpc) is 3.54. The van der Waals surface area contributed by atoms with Crippen LogP contribution in [0, 0.1) is 6.92 Å². The number of carbonyl (C=O) groups excluding carboxylic acids is 3. The molecule has 1 aromatic heterocycles. The number of aromatic amines is 1. The highest BCUT2D eigenvalue weighted by Crippen LogP contribution is 2.39. The summed E-state index contributed by atoms with van der Waals surface area (Å²) in [6.45, 7) is 6.39. The number of aryl methyl sites for hydroxylation is 1. The molecule has 3 fully saturated rings. The number of carbonyl (C=O) groups is 3. The van der Waals surface area contributed by atoms with Crippen molar-refractivity contribution in [3.8, 4) is 0 Å². The summed E-state index contributed by atoms with van der Waals surface area (Å²) < 4.78 is 6.09. The molecule has 45 heavy (non-hydrogen) atoms. The summed E-state index contributed by atoms with van der Waals surface area (Å²) in [5.74, 6) is -0.147. The smallest absolute Gasteiger partial charge is 0.410 e. The largest absolute Gasteiger partial charge is 0.436 e. The first-order valence-corrected chi connectivity index (χ1v) is 16.4. The summed E-state index contributed by atoms with van der Waals surface area (Å²) in [5, 5.41) is 17.0. The van der Waals surface area contributed by atoms with Crippen molar-refractivity contribution in [2.24, 2.45) is 0 Å². The first-order valence-electron chi connectivity index (χ1n) is 16.4. The molecule has 0 aliphatic carbocycles. The van der Waals surface area contributed by atoms with Crippen molar-refractivity contribution in [2.45, 2.75) is 76.0 Å². The molecule has 1 unspecified atom stereocenters. The molecule has 12 heteroatoms. The van der Waals surface area contributed by atoms with Gasteiger partial charge in [0.25, 0.3) is 5.91 Å². The van der Waals surface area contributed by atoms with E-state index in [0.717, 1.165) is 59.3 Å². The monoisotopic (exact) mass is 614 g/mol. The average molecular weight is 615 g/mol. The van der Waals surface area contributed by atoms with Gasteiger partial charge in [-0.1, -0.05) is 35.9 Å². The SMILES string of the molecule is Cc1cc(CC(OC(=O)N2CCC3(CC2)NC(=O)Nc2ccccc23)C(=O)N2CCC(N3CCCCC3)CC2)cc2nn[nH]c12. The zero-order valence-electron chi connectivity index (χ0n) is 25.9. The highest BCUT2D eigenvalue weighted by molar-refractivity contribution is 5.94. The third-order valence-corrected chi connectivity index (χ3v) is 10.2. The number of benzene rings is 2. The molecule has 0 radical (unpaired) electrons. The molecule has 1 atom stereocenters. The van der Waals surface area contributed by atoms with Crippen LogP contribution in [-0.2, 0) is 21.5 Å². The minimum absolute atomic E-state index is 0.147. The number of H-pyrrole nitrogens is 1. The van der Waals surface area contributed by atoms with Crippen molar-refractivity contribution in [2.75, 3.05) is 44.6 Å². The maximum atomic E-state index is 14.0. The van der Waals surface area contributed by atoms with Gasteiger partial charge in [0.15, 0.2) is 6.10 Å². The van der Waals surface area contributed by atoms with Gasteiger partial charge in [0.05, 0.1) is 11.1 Å². The Morgan fingerprint density at radius 2 is 1.76 bits per heavy atom. The molecule has 3 aromatic rings. The van der Waals surface area contributed by atoms with E-state index in [1.54, 1.807) is 4.90 Å². The molecule has 12 nitrogen and oxygen atoms in total. The predicted molar refractivity (Wildman–Crippen MR) is 169 cm³/mol. The van der Waals surface area contributed by atoms with Crippen LogP contribution in [0.1, 0.15) is 61.6 Å². The van der Waals surface area contributed by atoms with Gasteiger partial charge in [-0.15, -0.1) is 5.10 Å². The van der Waals surface area contributed by atoms with Crippen molar-refractivity contribution in [3.63, 3.8) is 0 Å². The van der Waals surface area contributed by atoms with E-state index in [-0.39, 0.29) is 18.4 Å². The van der Waals surface area contributed by atoms with Crippen LogP contribution in [-0.4, -0.2) is 99.6 Å². The van der Waals surface area contributed by atoms with Crippen LogP contribution >= 0.6 is 0 Å². The first kappa shape index (κ1) is 29.5. The highest BCUT2D eigenvalue weighted by Gasteiger charge is 2.43. The fourth-order valence-corrected chi connectivity index (χ4v) is 7.75. The van der Waals surface area contributed by atoms with Crippen molar-refractivity contribution < 1.29 is 19.1 Å². The number of amides is 4. The number of para-hydroxylation sites is 1. The lowest BCUT2D eigenvalue weighted by molar-refractivity contribution is -0.142. The second kappa shape index (κ2) is 12.3. The Morgan fingerprint density at radius 3 is 2.53 bits per heavy atom. The lowest BCUT2D eigenvalue weighted by atomic mass is 9.79. The fraction of sp³-hybridized carbons (Fsp3) is 0.545. The first-order chi connectivity index (χ1) is 21.9. The zero-order chi connectivity index (χ0) is 31.0. The Labute approximate surface area is 262 Å². The van der Waals surface area contributed by atoms with Crippen LogP contribution in [0.5, 0.6) is 0 Å². The normalized spacial score (nSPS) is 21.2. The van der Waals surface area contributed by atoms with Gasteiger partial charge in [0.1, 0.15) is 5.52 Å². The molecular formula is C33H42N8O4. The Balaban J connectivity index is 1.05. The number of hydrogen-bond acceptors (Lipinski definition) is 7. The van der Waals surface area contributed by atoms with Crippen LogP contribution in [0.25, 0.3) is 11.0 Å². The van der Waals surface area contributed by atoms with E-state index < -0.39 is 17.7 Å². The number of nitrogens with zero attached hydrogens (tertiary/aromatic N) is 5. The minimum atomic E-state index is -0.956. The van der Waals surface area contributed by atoms with Crippen LogP contribution in [0.4, 0.5) is 15.3 Å². The number of fused-ring (bicyclic) bond motifs is 3. The maximum Gasteiger partial charge on any atom is 0.410 e. The molecule has 2 aromatic carbocycles. The highest BCUT2D eigenvalue weighted by atomic mass is 16.6. The predicted octanol–water partition coefficient (Wildman–Crippen LogP) is 3.92. The number of hydrogen-bond donors (Lipinski definition) is 3. The Morgan fingerprint density at radius 1 is 1.00 bits per heavy atom. The second-order valence-corrected chi connectivity index (χ2v) is 13.0. The summed E-state index contributed by atoms with van der Waals surface area (Å²) in [4.78, 5) is 46.3. The van der Waals surface area contributed by atoms with Gasteiger partial charge in [-0.3, -0.25) is 9.89 Å². The molecule has 238 valence electrons. The summed E-state index contributed by atoms with van der Waals surface area (Å²) >= 11 is 0. The summed E-state index contributed by atoms with van der Waals surface area (Å²) in [6.07, 6.45) is 5.58. The zero-order valence-corrected chi connectivity index (χ0v) is 25.9. The summed E-state index contributed by atoms with van der Waals surface area (Å²) in [5.41, 5.74) is 4.69. The lowest BCUT2D eigenvalue weighted by Gasteiger charge is -2.45. The topological polar surface area (TPSA) is 136 Å². The Kier molecular flexibility index (Phi) is 8.07. The number of ether oxygens (including phenoxy) is 1. The van der Waals surface area contributed by atoms with E-state index in [1.165, 1.54) is 19.3 Å². The molecule has 5 heterocycles. The number of urea groups is 1. The molecule has 4 aliphatic rings. The van der Waals surface area contributed by atoms with E-state index in [1.807, 2.05) is 48.2 Å². The molecule has 1 spiro atoms. The fourth-order valence-electron chi connectivity index (χ4n) is 7.75. The molecule has 3 saturated heterocycles. The van der Waals surface area contributed by atoms with Crippen molar-refractivity contribution in [1.29, 1.82) is 0 Å². The molecule has 4 aliphatic heterocycles. The standard InChI is InChI=1S/C33H42N8O4/c1-22-19-23(20-27-29(22)37-38-36-27)21-28(30(42)40-15-9-24(10-16-40)39-13-5-2-6-14-39)45-32(44)41-17-11-33(12-18-41)25-7-3-4-8-26(25)34-31(43)35-33/h3-4,7-8,19-20,24,28H,2,5-6,9-18,21H2,1H3,(H2,34,35,43)(H,36,37,38). The molecule has 0 saturated carbocycles. The van der Waals surface area contributed by atoms with Crippen molar-refractivity contribution >= 4 is 34.8 Å². The van der Waals surface area contributed by atoms with Crippen LogP contribution < -0.4 is 10.6 Å². The van der Waals surface area contributed by atoms with Crippen LogP contribution in [0.3, 0.4) is 0 Å². The van der Waals surface area contributed by atoms with Gasteiger partial charge in [-0.2, -0.15) is 0 Å². The van der Waals surface area contributed by atoms with E-state index in [4.69, 9.17) is 4.74 Å². The number of aromatic nitrogens is 3. The van der Waals surface area contributed by atoms with Gasteiger partial charge in [-0.25, -0.2) is 9.59 Å². The van der Waals surface area contributed by atoms with Crippen LogP contribution in [0.2, 0.25) is 0 Å². The van der Waals surface area contributed by atoms with Gasteiger partial charge in [0, 0.05) is 49.9 Å². The molecule has 7 rings (SSSR count). The van der Waals surface area contributed by atoms with Gasteiger partial charge < -0.3 is 30.1 Å². The Hall–Kier alpha value is -4.19. The van der Waals surface area contributed by atoms with E-state index in [9.17, 15) is 14.4 Å². The van der Waals surface area contributed by atoms with E-state index in [0.29, 0.717) is 45.1 Å². The summed E-state index contributed by atoms with van der Waals surface area (Å²) in [6, 6.07) is 12.0. The number of nitrogens with one attached hydrogen (secondary N) is 3. The van der Waals surface area contributed by atoms with Gasteiger partial charge >= 0.3 is 12.1 Å². The molecule has 4 amide bonds. The Bertz CT molecular complexity index is 1570. The third-order valence-electron chi connectivity index (χ3n) is 10.2. The quantitative estimate of drug-likeness (QED) is 0.397. The van der Waals surface area contributed by atoms with E-state index >= 15 is 0 Å². The van der Waals surface area contributed by atoms with Crippen molar-refractivity contribution in [1.82, 2.24) is 35.4 Å². The van der Waals surface area contributed by atoms with E-state index in [2.05, 4.69) is 30.9 Å². The molecule has 3 N–H and O–H groups in total. The number of rotatable bonds is 5. The second-order valence-electron chi connectivity index (χ2n) is 13.0. The lowest BCUT2D eigenvalue weighted by Crippen LogP contribution is -2.58.